The van der Waals surface area contributed by atoms with E-state index in [-0.39, 0.29) is 9.79 Å². The van der Waals surface area contributed by atoms with Crippen molar-refractivity contribution in [1.29, 1.82) is 0 Å². The number of anilines is 2. The van der Waals surface area contributed by atoms with Gasteiger partial charge in [0.1, 0.15) is 0 Å². The van der Waals surface area contributed by atoms with E-state index in [2.05, 4.69) is 10.2 Å². The average Bonchev–Trinajstić information content (AvgIpc) is 2.66. The summed E-state index contributed by atoms with van der Waals surface area (Å²) >= 11 is 0. The minimum atomic E-state index is -3.99. The normalized spacial score (nSPS) is 15.4. The zero-order valence-corrected chi connectivity index (χ0v) is 17.1. The average molecular weight is 426 g/mol. The molecule has 0 aliphatic carbocycles. The first-order valence-electron chi connectivity index (χ1n) is 8.67. The van der Waals surface area contributed by atoms with E-state index in [0.717, 1.165) is 36.7 Å². The number of nitrogens with zero attached hydrogens (tertiary/aromatic N) is 1. The van der Waals surface area contributed by atoms with Crippen LogP contribution in [0.15, 0.2) is 52.3 Å². The maximum Gasteiger partial charge on any atom is 0.238 e. The molecule has 3 rings (SSSR count). The summed E-state index contributed by atoms with van der Waals surface area (Å²) in [5.74, 6) is 0. The molecule has 0 spiro atoms. The molecule has 0 unspecified atom stereocenters. The summed E-state index contributed by atoms with van der Waals surface area (Å²) in [7, 11) is -7.63. The molecule has 0 saturated carbocycles. The molecule has 0 amide bonds. The van der Waals surface area contributed by atoms with Crippen LogP contribution in [0.5, 0.6) is 0 Å². The van der Waals surface area contributed by atoms with Crippen molar-refractivity contribution in [3.8, 4) is 0 Å². The number of nitrogens with one attached hydrogen (secondary N) is 1. The summed E-state index contributed by atoms with van der Waals surface area (Å²) in [6.07, 6.45) is 1.03. The lowest BCUT2D eigenvalue weighted by Crippen LogP contribution is -2.36. The first kappa shape index (κ1) is 20.6. The first-order valence-corrected chi connectivity index (χ1v) is 12.1. The number of sulfonamides is 1. The molecule has 0 bridgehead atoms. The van der Waals surface area contributed by atoms with E-state index >= 15 is 0 Å². The van der Waals surface area contributed by atoms with Gasteiger partial charge < -0.3 is 15.0 Å². The van der Waals surface area contributed by atoms with Gasteiger partial charge in [-0.3, -0.25) is 0 Å². The Hall–Kier alpha value is -2.14. The van der Waals surface area contributed by atoms with Gasteiger partial charge >= 0.3 is 0 Å². The monoisotopic (exact) mass is 425 g/mol. The zero-order valence-electron chi connectivity index (χ0n) is 15.5. The molecule has 0 atom stereocenters. The van der Waals surface area contributed by atoms with E-state index in [1.54, 1.807) is 0 Å². The minimum Gasteiger partial charge on any atom is -0.380 e. The van der Waals surface area contributed by atoms with Crippen LogP contribution in [0, 0.1) is 0 Å². The number of primary sulfonamides is 1. The van der Waals surface area contributed by atoms with Crippen LogP contribution in [0.4, 0.5) is 11.4 Å². The van der Waals surface area contributed by atoms with Crippen molar-refractivity contribution in [2.45, 2.75) is 16.3 Å². The fourth-order valence-corrected chi connectivity index (χ4v) is 4.47. The second-order valence-corrected chi connectivity index (χ2v) is 10.1. The van der Waals surface area contributed by atoms with Crippen LogP contribution in [-0.4, -0.2) is 49.4 Å². The summed E-state index contributed by atoms with van der Waals surface area (Å²) in [6.45, 7) is 3.52. The molecule has 0 aromatic heterocycles. The van der Waals surface area contributed by atoms with Gasteiger partial charge in [0.25, 0.3) is 0 Å². The number of hydrogen-bond donors (Lipinski definition) is 2. The highest BCUT2D eigenvalue weighted by molar-refractivity contribution is 7.91. The van der Waals surface area contributed by atoms with E-state index < -0.39 is 19.9 Å². The van der Waals surface area contributed by atoms with Gasteiger partial charge in [-0.05, 0) is 35.9 Å². The third-order valence-corrected chi connectivity index (χ3v) is 6.52. The minimum absolute atomic E-state index is 0.107. The molecule has 1 saturated heterocycles. The van der Waals surface area contributed by atoms with Crippen LogP contribution >= 0.6 is 0 Å². The Balaban J connectivity index is 1.77. The highest BCUT2D eigenvalue weighted by Crippen LogP contribution is 2.25. The number of sulfone groups is 1. The van der Waals surface area contributed by atoms with Crippen molar-refractivity contribution in [3.05, 3.63) is 48.0 Å². The van der Waals surface area contributed by atoms with Crippen molar-refractivity contribution < 1.29 is 21.6 Å². The first-order chi connectivity index (χ1) is 13.1. The molecule has 1 aliphatic rings. The molecule has 8 nitrogen and oxygen atoms in total. The van der Waals surface area contributed by atoms with Gasteiger partial charge in [0, 0.05) is 31.6 Å². The Morgan fingerprint density at radius 2 is 1.68 bits per heavy atom. The number of rotatable bonds is 6. The lowest BCUT2D eigenvalue weighted by molar-refractivity contribution is 0.122. The summed E-state index contributed by atoms with van der Waals surface area (Å²) in [5, 5.41) is 8.17. The summed E-state index contributed by atoms with van der Waals surface area (Å²) in [5.41, 5.74) is 2.40. The van der Waals surface area contributed by atoms with Gasteiger partial charge in [-0.15, -0.1) is 0 Å². The van der Waals surface area contributed by atoms with Gasteiger partial charge in [0.15, 0.2) is 9.84 Å². The van der Waals surface area contributed by atoms with Gasteiger partial charge in [0.2, 0.25) is 10.0 Å². The lowest BCUT2D eigenvalue weighted by atomic mass is 10.2. The number of hydrogen-bond acceptors (Lipinski definition) is 7. The van der Waals surface area contributed by atoms with Crippen LogP contribution in [0.3, 0.4) is 0 Å². The Morgan fingerprint density at radius 3 is 2.25 bits per heavy atom. The van der Waals surface area contributed by atoms with E-state index in [0.29, 0.717) is 25.4 Å². The van der Waals surface area contributed by atoms with Crippen molar-refractivity contribution >= 4 is 31.2 Å². The quantitative estimate of drug-likeness (QED) is 0.713. The van der Waals surface area contributed by atoms with Crippen LogP contribution in [-0.2, 0) is 31.1 Å². The maximum atomic E-state index is 12.1. The molecule has 2 aromatic carbocycles. The highest BCUT2D eigenvalue weighted by Gasteiger charge is 2.18. The molecule has 1 heterocycles. The summed E-state index contributed by atoms with van der Waals surface area (Å²) in [4.78, 5) is 1.89. The smallest absolute Gasteiger partial charge is 0.238 e. The Labute approximate surface area is 165 Å². The molecule has 3 N–H and O–H groups in total. The molecule has 1 fully saturated rings. The second kappa shape index (κ2) is 8.08. The SMILES string of the molecule is CS(=O)(=O)c1cc(S(N)(=O)=O)ccc1NCc1ccc(N2CCOCC2)cc1. The Kier molecular flexibility index (Phi) is 5.94. The van der Waals surface area contributed by atoms with Crippen molar-refractivity contribution in [2.24, 2.45) is 5.14 Å². The van der Waals surface area contributed by atoms with Crippen LogP contribution in [0.2, 0.25) is 0 Å². The zero-order chi connectivity index (χ0) is 20.4. The van der Waals surface area contributed by atoms with E-state index in [9.17, 15) is 16.8 Å². The number of nitrogens with two attached hydrogens (primary N) is 1. The fourth-order valence-electron chi connectivity index (χ4n) is 2.98. The highest BCUT2D eigenvalue weighted by atomic mass is 32.2. The van der Waals surface area contributed by atoms with E-state index in [1.165, 1.54) is 12.1 Å². The largest absolute Gasteiger partial charge is 0.380 e. The molecule has 28 heavy (non-hydrogen) atoms. The predicted molar refractivity (Wildman–Crippen MR) is 108 cm³/mol. The van der Waals surface area contributed by atoms with E-state index in [1.807, 2.05) is 24.3 Å². The standard InChI is InChI=1S/C18H23N3O5S2/c1-27(22,23)18-12-16(28(19,24)25)6-7-17(18)20-13-14-2-4-15(5-3-14)21-8-10-26-11-9-21/h2-7,12,20H,8-11,13H2,1H3,(H2,19,24,25). The van der Waals surface area contributed by atoms with Gasteiger partial charge in [-0.25, -0.2) is 22.0 Å². The molecule has 1 aliphatic heterocycles. The van der Waals surface area contributed by atoms with Crippen molar-refractivity contribution in [1.82, 2.24) is 0 Å². The van der Waals surface area contributed by atoms with Crippen LogP contribution in [0.25, 0.3) is 0 Å². The molecule has 2 aromatic rings. The molecule has 152 valence electrons. The van der Waals surface area contributed by atoms with E-state index in [4.69, 9.17) is 9.88 Å². The number of ether oxygens (including phenoxy) is 1. The predicted octanol–water partition coefficient (Wildman–Crippen LogP) is 1.19. The second-order valence-electron chi connectivity index (χ2n) is 6.59. The maximum absolute atomic E-state index is 12.1. The third kappa shape index (κ3) is 5.02. The summed E-state index contributed by atoms with van der Waals surface area (Å²) in [6, 6.07) is 11.8. The van der Waals surface area contributed by atoms with Gasteiger partial charge in [-0.1, -0.05) is 12.1 Å². The lowest BCUT2D eigenvalue weighted by Gasteiger charge is -2.29. The van der Waals surface area contributed by atoms with Crippen molar-refractivity contribution in [2.75, 3.05) is 42.8 Å². The third-order valence-electron chi connectivity index (χ3n) is 4.48. The number of morpholine rings is 1. The molecular formula is C18H23N3O5S2. The topological polar surface area (TPSA) is 119 Å². The van der Waals surface area contributed by atoms with Crippen LogP contribution < -0.4 is 15.4 Å². The summed E-state index contributed by atoms with van der Waals surface area (Å²) < 4.78 is 52.5. The van der Waals surface area contributed by atoms with Crippen LogP contribution in [0.1, 0.15) is 5.56 Å². The number of benzene rings is 2. The van der Waals surface area contributed by atoms with Gasteiger partial charge in [-0.2, -0.15) is 0 Å². The Morgan fingerprint density at radius 1 is 1.04 bits per heavy atom. The fraction of sp³-hybridized carbons (Fsp3) is 0.333. The molecule has 10 heteroatoms. The van der Waals surface area contributed by atoms with Gasteiger partial charge in [0.05, 0.1) is 28.7 Å². The van der Waals surface area contributed by atoms with Crippen molar-refractivity contribution in [3.63, 3.8) is 0 Å². The molecular weight excluding hydrogens is 402 g/mol. The Bertz CT molecular complexity index is 1050. The molecule has 0 radical (unpaired) electrons.